The van der Waals surface area contributed by atoms with Crippen molar-refractivity contribution in [3.05, 3.63) is 28.3 Å². The first kappa shape index (κ1) is 13.2. The second-order valence-electron chi connectivity index (χ2n) is 5.82. The zero-order chi connectivity index (χ0) is 14.1. The molecule has 0 atom stereocenters. The van der Waals surface area contributed by atoms with Gasteiger partial charge in [0.1, 0.15) is 5.69 Å². The normalized spacial score (nSPS) is 19.9. The van der Waals surface area contributed by atoms with E-state index in [1.165, 1.54) is 0 Å². The van der Waals surface area contributed by atoms with Crippen LogP contribution in [0.15, 0.2) is 18.2 Å². The quantitative estimate of drug-likeness (QED) is 0.621. The van der Waals surface area contributed by atoms with Crippen molar-refractivity contribution in [3.63, 3.8) is 0 Å². The molecule has 0 spiro atoms. The van der Waals surface area contributed by atoms with E-state index in [0.29, 0.717) is 11.7 Å². The fourth-order valence-electron chi connectivity index (χ4n) is 2.59. The molecule has 3 rings (SSSR count). The van der Waals surface area contributed by atoms with Crippen molar-refractivity contribution in [2.45, 2.75) is 18.9 Å². The number of quaternary nitrogens is 1. The molecule has 1 heterocycles. The molecular formula is C14H21N4O2+. The maximum absolute atomic E-state index is 11.1. The van der Waals surface area contributed by atoms with Crippen molar-refractivity contribution >= 4 is 17.1 Å². The van der Waals surface area contributed by atoms with Gasteiger partial charge >= 0.3 is 0 Å². The lowest BCUT2D eigenvalue weighted by molar-refractivity contribution is -0.880. The van der Waals surface area contributed by atoms with Crippen LogP contribution in [0.4, 0.5) is 17.1 Å². The lowest BCUT2D eigenvalue weighted by Crippen LogP contribution is -3.12. The molecule has 0 unspecified atom stereocenters. The Balaban J connectivity index is 1.82. The Morgan fingerprint density at radius 3 is 2.65 bits per heavy atom. The number of piperazine rings is 1. The minimum atomic E-state index is -0.303. The van der Waals surface area contributed by atoms with E-state index in [-0.39, 0.29) is 10.6 Å². The second kappa shape index (κ2) is 5.28. The highest BCUT2D eigenvalue weighted by Crippen LogP contribution is 2.33. The van der Waals surface area contributed by atoms with E-state index in [4.69, 9.17) is 0 Å². The predicted molar refractivity (Wildman–Crippen MR) is 78.6 cm³/mol. The van der Waals surface area contributed by atoms with Crippen molar-refractivity contribution in [1.29, 1.82) is 0 Å². The van der Waals surface area contributed by atoms with Crippen molar-refractivity contribution in [2.75, 3.05) is 43.4 Å². The maximum Gasteiger partial charge on any atom is 0.292 e. The van der Waals surface area contributed by atoms with Crippen LogP contribution in [0.2, 0.25) is 0 Å². The van der Waals surface area contributed by atoms with E-state index in [1.807, 2.05) is 12.1 Å². The van der Waals surface area contributed by atoms with Gasteiger partial charge in [-0.25, -0.2) is 0 Å². The van der Waals surface area contributed by atoms with Crippen molar-refractivity contribution in [1.82, 2.24) is 0 Å². The number of benzene rings is 1. The lowest BCUT2D eigenvalue weighted by Gasteiger charge is -2.32. The highest BCUT2D eigenvalue weighted by Gasteiger charge is 2.26. The van der Waals surface area contributed by atoms with Crippen LogP contribution in [0.3, 0.4) is 0 Å². The third-order valence-corrected chi connectivity index (χ3v) is 4.10. The molecule has 2 aliphatic rings. The van der Waals surface area contributed by atoms with Crippen LogP contribution in [0.1, 0.15) is 12.8 Å². The third kappa shape index (κ3) is 2.85. The Bertz CT molecular complexity index is 508. The molecule has 0 radical (unpaired) electrons. The molecule has 1 aromatic rings. The lowest BCUT2D eigenvalue weighted by atomic mass is 10.2. The Morgan fingerprint density at radius 1 is 1.35 bits per heavy atom. The summed E-state index contributed by atoms with van der Waals surface area (Å²) in [5.74, 6) is 0. The molecule has 1 aliphatic heterocycles. The summed E-state index contributed by atoms with van der Waals surface area (Å²) in [6.07, 6.45) is 2.22. The zero-order valence-electron chi connectivity index (χ0n) is 11.8. The average Bonchev–Trinajstić information content (AvgIpc) is 3.23. The number of nitro benzene ring substituents is 1. The highest BCUT2D eigenvalue weighted by atomic mass is 16.6. The minimum Gasteiger partial charge on any atom is -0.377 e. The van der Waals surface area contributed by atoms with Gasteiger partial charge in [0.2, 0.25) is 0 Å². The second-order valence-corrected chi connectivity index (χ2v) is 5.82. The molecule has 6 nitrogen and oxygen atoms in total. The number of nitro groups is 1. The Kier molecular flexibility index (Phi) is 3.48. The van der Waals surface area contributed by atoms with E-state index in [1.54, 1.807) is 11.0 Å². The van der Waals surface area contributed by atoms with E-state index >= 15 is 0 Å². The summed E-state index contributed by atoms with van der Waals surface area (Å²) in [5, 5.41) is 14.4. The van der Waals surface area contributed by atoms with Crippen molar-refractivity contribution in [2.24, 2.45) is 0 Å². The van der Waals surface area contributed by atoms with Crippen LogP contribution in [-0.2, 0) is 0 Å². The summed E-state index contributed by atoms with van der Waals surface area (Å²) < 4.78 is 0. The molecule has 6 heteroatoms. The number of anilines is 2. The van der Waals surface area contributed by atoms with E-state index in [2.05, 4.69) is 17.3 Å². The van der Waals surface area contributed by atoms with Crippen LogP contribution >= 0.6 is 0 Å². The summed E-state index contributed by atoms with van der Waals surface area (Å²) >= 11 is 0. The van der Waals surface area contributed by atoms with Gasteiger partial charge in [0.15, 0.2) is 0 Å². The number of hydrogen-bond acceptors (Lipinski definition) is 4. The summed E-state index contributed by atoms with van der Waals surface area (Å²) in [6.45, 7) is 4.24. The van der Waals surface area contributed by atoms with E-state index in [0.717, 1.165) is 44.7 Å². The van der Waals surface area contributed by atoms with Crippen molar-refractivity contribution in [3.8, 4) is 0 Å². The topological polar surface area (TPSA) is 62.9 Å². The molecule has 108 valence electrons. The van der Waals surface area contributed by atoms with Gasteiger partial charge in [-0.15, -0.1) is 0 Å². The summed E-state index contributed by atoms with van der Waals surface area (Å²) in [7, 11) is 2.20. The van der Waals surface area contributed by atoms with Crippen LogP contribution in [0.5, 0.6) is 0 Å². The molecule has 20 heavy (non-hydrogen) atoms. The largest absolute Gasteiger partial charge is 0.377 e. The number of nitrogens with one attached hydrogen (secondary N) is 2. The fourth-order valence-corrected chi connectivity index (χ4v) is 2.59. The molecule has 1 saturated carbocycles. The SMILES string of the molecule is C[NH+]1CCN(c2ccc([N+](=O)[O-])c(NC3CC3)c2)CC1. The average molecular weight is 277 g/mol. The first-order valence-electron chi connectivity index (χ1n) is 7.25. The van der Waals surface area contributed by atoms with Gasteiger partial charge in [0, 0.05) is 17.8 Å². The molecule has 1 aromatic carbocycles. The standard InChI is InChI=1S/C14H20N4O2/c1-16-6-8-17(9-7-16)12-4-5-14(18(19)20)13(10-12)15-11-2-3-11/h4-5,10-11,15H,2-3,6-9H2,1H3/p+1. The first-order chi connectivity index (χ1) is 9.63. The van der Waals surface area contributed by atoms with Gasteiger partial charge in [0.05, 0.1) is 38.2 Å². The Labute approximate surface area is 118 Å². The molecule has 0 amide bonds. The molecular weight excluding hydrogens is 256 g/mol. The summed E-state index contributed by atoms with van der Waals surface area (Å²) in [4.78, 5) is 14.7. The highest BCUT2D eigenvalue weighted by molar-refractivity contribution is 5.69. The molecule has 2 N–H and O–H groups in total. The number of likely N-dealkylation sites (N-methyl/N-ethyl adjacent to an activating group) is 1. The molecule has 2 fully saturated rings. The van der Waals surface area contributed by atoms with Gasteiger partial charge < -0.3 is 15.1 Å². The van der Waals surface area contributed by atoms with Crippen LogP contribution in [-0.4, -0.2) is 44.2 Å². The summed E-state index contributed by atoms with van der Waals surface area (Å²) in [6, 6.07) is 5.86. The predicted octanol–water partition coefficient (Wildman–Crippen LogP) is 0.504. The van der Waals surface area contributed by atoms with Gasteiger partial charge in [-0.1, -0.05) is 0 Å². The van der Waals surface area contributed by atoms with Gasteiger partial charge in [0.25, 0.3) is 5.69 Å². The number of nitrogens with zero attached hydrogens (tertiary/aromatic N) is 2. The molecule has 0 aromatic heterocycles. The van der Waals surface area contributed by atoms with E-state index in [9.17, 15) is 10.1 Å². The maximum atomic E-state index is 11.1. The fraction of sp³-hybridized carbons (Fsp3) is 0.571. The van der Waals surface area contributed by atoms with Crippen molar-refractivity contribution < 1.29 is 9.82 Å². The molecule has 0 bridgehead atoms. The Hall–Kier alpha value is -1.82. The minimum absolute atomic E-state index is 0.181. The van der Waals surface area contributed by atoms with Crippen LogP contribution < -0.4 is 15.1 Å². The third-order valence-electron chi connectivity index (χ3n) is 4.10. The smallest absolute Gasteiger partial charge is 0.292 e. The van der Waals surface area contributed by atoms with Gasteiger partial charge in [-0.05, 0) is 25.0 Å². The Morgan fingerprint density at radius 2 is 2.05 bits per heavy atom. The number of hydrogen-bond donors (Lipinski definition) is 2. The van der Waals surface area contributed by atoms with Crippen LogP contribution in [0.25, 0.3) is 0 Å². The zero-order valence-corrected chi connectivity index (χ0v) is 11.8. The van der Waals surface area contributed by atoms with Crippen LogP contribution in [0, 0.1) is 10.1 Å². The van der Waals surface area contributed by atoms with Gasteiger partial charge in [-0.3, -0.25) is 10.1 Å². The molecule has 1 saturated heterocycles. The number of rotatable bonds is 4. The summed E-state index contributed by atoms with van der Waals surface area (Å²) in [5.41, 5.74) is 1.94. The monoisotopic (exact) mass is 277 g/mol. The molecule has 1 aliphatic carbocycles. The van der Waals surface area contributed by atoms with E-state index < -0.39 is 0 Å². The van der Waals surface area contributed by atoms with Gasteiger partial charge in [-0.2, -0.15) is 0 Å². The first-order valence-corrected chi connectivity index (χ1v) is 7.25.